The third-order valence-corrected chi connectivity index (χ3v) is 5.34. The van der Waals surface area contributed by atoms with Crippen LogP contribution >= 0.6 is 23.8 Å². The van der Waals surface area contributed by atoms with E-state index in [0.717, 1.165) is 21.4 Å². The summed E-state index contributed by atoms with van der Waals surface area (Å²) in [5, 5.41) is 8.32. The van der Waals surface area contributed by atoms with Crippen molar-refractivity contribution < 1.29 is 0 Å². The number of halogens is 1. The minimum Gasteiger partial charge on any atom is -0.360 e. The molecule has 4 heteroatoms. The number of anilines is 1. The first-order valence-electron chi connectivity index (χ1n) is 9.49. The summed E-state index contributed by atoms with van der Waals surface area (Å²) in [5.74, 6) is 0. The van der Waals surface area contributed by atoms with Gasteiger partial charge in [0.05, 0.1) is 0 Å². The van der Waals surface area contributed by atoms with Crippen LogP contribution in [0.2, 0.25) is 5.02 Å². The Hall–Kier alpha value is -0.800. The van der Waals surface area contributed by atoms with Crippen LogP contribution in [0.25, 0.3) is 0 Å². The van der Waals surface area contributed by atoms with Crippen molar-refractivity contribution in [2.75, 3.05) is 5.32 Å². The topological polar surface area (TPSA) is 24.1 Å². The van der Waals surface area contributed by atoms with E-state index in [4.69, 9.17) is 23.8 Å². The molecule has 0 unspecified atom stereocenters. The van der Waals surface area contributed by atoms with E-state index in [1.165, 1.54) is 70.6 Å². The van der Waals surface area contributed by atoms with Crippen LogP contribution in [-0.4, -0.2) is 11.2 Å². The van der Waals surface area contributed by atoms with Crippen molar-refractivity contribution in [3.8, 4) is 0 Å². The Bertz CT molecular complexity index is 506. The second-order valence-electron chi connectivity index (χ2n) is 7.01. The molecule has 0 amide bonds. The average Bonchev–Trinajstić information content (AvgIpc) is 2.53. The number of nitrogens with one attached hydrogen (secondary N) is 2. The Labute approximate surface area is 157 Å². The fourth-order valence-electron chi connectivity index (χ4n) is 3.38. The second-order valence-corrected chi connectivity index (χ2v) is 7.86. The molecule has 0 saturated heterocycles. The van der Waals surface area contributed by atoms with Gasteiger partial charge in [0.2, 0.25) is 0 Å². The average molecular weight is 367 g/mol. The molecule has 0 atom stereocenters. The van der Waals surface area contributed by atoms with Crippen molar-refractivity contribution in [3.05, 3.63) is 28.8 Å². The Balaban J connectivity index is 1.85. The SMILES string of the molecule is Cc1ccc(Cl)cc1NC(=S)NC1CCCCCCCCCCC1. The smallest absolute Gasteiger partial charge is 0.171 e. The summed E-state index contributed by atoms with van der Waals surface area (Å²) in [6.45, 7) is 2.07. The minimum atomic E-state index is 0.490. The molecular weight excluding hydrogens is 336 g/mol. The molecule has 0 bridgehead atoms. The number of hydrogen-bond acceptors (Lipinski definition) is 1. The highest BCUT2D eigenvalue weighted by Crippen LogP contribution is 2.21. The number of benzene rings is 1. The lowest BCUT2D eigenvalue weighted by Gasteiger charge is -2.22. The molecule has 1 aliphatic carbocycles. The van der Waals surface area contributed by atoms with Crippen molar-refractivity contribution in [1.29, 1.82) is 0 Å². The Morgan fingerprint density at radius 1 is 0.958 bits per heavy atom. The van der Waals surface area contributed by atoms with Gasteiger partial charge in [0, 0.05) is 16.8 Å². The molecule has 1 fully saturated rings. The van der Waals surface area contributed by atoms with E-state index in [2.05, 4.69) is 17.6 Å². The van der Waals surface area contributed by atoms with Gasteiger partial charge in [-0.05, 0) is 49.7 Å². The second kappa shape index (κ2) is 10.9. The normalized spacial score (nSPS) is 18.2. The summed E-state index contributed by atoms with van der Waals surface area (Å²) in [5.41, 5.74) is 2.15. The van der Waals surface area contributed by atoms with Gasteiger partial charge in [-0.25, -0.2) is 0 Å². The molecule has 1 saturated carbocycles. The molecule has 0 aliphatic heterocycles. The molecule has 0 spiro atoms. The van der Waals surface area contributed by atoms with Crippen LogP contribution in [0.4, 0.5) is 5.69 Å². The van der Waals surface area contributed by atoms with Crippen LogP contribution in [-0.2, 0) is 0 Å². The fourth-order valence-corrected chi connectivity index (χ4v) is 3.83. The Morgan fingerprint density at radius 3 is 2.08 bits per heavy atom. The lowest BCUT2D eigenvalue weighted by Crippen LogP contribution is -2.38. The van der Waals surface area contributed by atoms with Gasteiger partial charge in [0.1, 0.15) is 0 Å². The Kier molecular flexibility index (Phi) is 8.90. The molecule has 0 heterocycles. The molecule has 24 heavy (non-hydrogen) atoms. The van der Waals surface area contributed by atoms with Gasteiger partial charge < -0.3 is 10.6 Å². The van der Waals surface area contributed by atoms with Crippen LogP contribution < -0.4 is 10.6 Å². The minimum absolute atomic E-state index is 0.490. The summed E-state index contributed by atoms with van der Waals surface area (Å²) >= 11 is 11.6. The van der Waals surface area contributed by atoms with Gasteiger partial charge in [0.15, 0.2) is 5.11 Å². The maximum absolute atomic E-state index is 6.09. The number of thiocarbonyl (C=S) groups is 1. The van der Waals surface area contributed by atoms with E-state index in [1.54, 1.807) is 0 Å². The monoisotopic (exact) mass is 366 g/mol. The molecule has 0 radical (unpaired) electrons. The molecule has 2 nitrogen and oxygen atoms in total. The van der Waals surface area contributed by atoms with Crippen molar-refractivity contribution >= 4 is 34.6 Å². The highest BCUT2D eigenvalue weighted by Gasteiger charge is 2.11. The first kappa shape index (κ1) is 19.5. The van der Waals surface area contributed by atoms with E-state index in [0.29, 0.717) is 6.04 Å². The molecule has 1 aromatic carbocycles. The van der Waals surface area contributed by atoms with E-state index >= 15 is 0 Å². The third kappa shape index (κ3) is 7.40. The van der Waals surface area contributed by atoms with Crippen LogP contribution in [0, 0.1) is 6.92 Å². The van der Waals surface area contributed by atoms with Crippen LogP contribution in [0.3, 0.4) is 0 Å². The number of rotatable bonds is 2. The van der Waals surface area contributed by atoms with E-state index < -0.39 is 0 Å². The maximum atomic E-state index is 6.09. The van der Waals surface area contributed by atoms with Gasteiger partial charge in [-0.1, -0.05) is 75.5 Å². The fraction of sp³-hybridized carbons (Fsp3) is 0.650. The predicted molar refractivity (Wildman–Crippen MR) is 110 cm³/mol. The van der Waals surface area contributed by atoms with Crippen LogP contribution in [0.1, 0.15) is 76.2 Å². The van der Waals surface area contributed by atoms with Crippen molar-refractivity contribution in [2.24, 2.45) is 0 Å². The Morgan fingerprint density at radius 2 is 1.50 bits per heavy atom. The molecule has 134 valence electrons. The van der Waals surface area contributed by atoms with Gasteiger partial charge in [-0.15, -0.1) is 0 Å². The standard InChI is InChI=1S/C20H31ClN2S/c1-16-13-14-17(21)15-19(16)23-20(24)22-18-11-9-7-5-3-2-4-6-8-10-12-18/h13-15,18H,2-12H2,1H3,(H2,22,23,24). The number of aryl methyl sites for hydroxylation is 1. The van der Waals surface area contributed by atoms with Crippen molar-refractivity contribution in [3.63, 3.8) is 0 Å². The molecule has 1 aliphatic rings. The molecule has 2 N–H and O–H groups in total. The molecular formula is C20H31ClN2S. The lowest BCUT2D eigenvalue weighted by molar-refractivity contribution is 0.444. The summed E-state index contributed by atoms with van der Waals surface area (Å²) < 4.78 is 0. The summed E-state index contributed by atoms with van der Waals surface area (Å²) in [4.78, 5) is 0. The van der Waals surface area contributed by atoms with E-state index in [9.17, 15) is 0 Å². The maximum Gasteiger partial charge on any atom is 0.171 e. The van der Waals surface area contributed by atoms with Crippen molar-refractivity contribution in [1.82, 2.24) is 5.32 Å². The summed E-state index contributed by atoms with van der Waals surface area (Å²) in [7, 11) is 0. The first-order chi connectivity index (χ1) is 11.6. The van der Waals surface area contributed by atoms with Gasteiger partial charge in [0.25, 0.3) is 0 Å². The quantitative estimate of drug-likeness (QED) is 0.576. The predicted octanol–water partition coefficient (Wildman–Crippen LogP) is 6.61. The third-order valence-electron chi connectivity index (χ3n) is 4.89. The van der Waals surface area contributed by atoms with Gasteiger partial charge in [-0.3, -0.25) is 0 Å². The summed E-state index contributed by atoms with van der Waals surface area (Å²) in [6.07, 6.45) is 14.8. The highest BCUT2D eigenvalue weighted by molar-refractivity contribution is 7.80. The van der Waals surface area contributed by atoms with Gasteiger partial charge >= 0.3 is 0 Å². The summed E-state index contributed by atoms with van der Waals surface area (Å²) in [6, 6.07) is 6.35. The zero-order chi connectivity index (χ0) is 17.2. The molecule has 2 rings (SSSR count). The van der Waals surface area contributed by atoms with Gasteiger partial charge in [-0.2, -0.15) is 0 Å². The molecule has 1 aromatic rings. The number of hydrogen-bond donors (Lipinski definition) is 2. The van der Waals surface area contributed by atoms with E-state index in [-0.39, 0.29) is 0 Å². The lowest BCUT2D eigenvalue weighted by atomic mass is 9.98. The largest absolute Gasteiger partial charge is 0.360 e. The van der Waals surface area contributed by atoms with E-state index in [1.807, 2.05) is 18.2 Å². The van der Waals surface area contributed by atoms with Crippen LogP contribution in [0.5, 0.6) is 0 Å². The molecule has 0 aromatic heterocycles. The first-order valence-corrected chi connectivity index (χ1v) is 10.3. The highest BCUT2D eigenvalue weighted by atomic mass is 35.5. The zero-order valence-electron chi connectivity index (χ0n) is 14.9. The van der Waals surface area contributed by atoms with Crippen molar-refractivity contribution in [2.45, 2.75) is 83.6 Å². The zero-order valence-corrected chi connectivity index (χ0v) is 16.4. The van der Waals surface area contributed by atoms with Crippen LogP contribution in [0.15, 0.2) is 18.2 Å².